The molecule has 2 rings (SSSR count). The zero-order valence-electron chi connectivity index (χ0n) is 9.23. The number of carbonyl (C=O) groups is 1. The van der Waals surface area contributed by atoms with E-state index in [-0.39, 0.29) is 11.8 Å². The minimum absolute atomic E-state index is 0.0984. The number of rotatable bonds is 6. The number of nitrogens with one attached hydrogen (secondary N) is 1. The van der Waals surface area contributed by atoms with Crippen LogP contribution in [0.5, 0.6) is 0 Å². The quantitative estimate of drug-likeness (QED) is 0.483. The van der Waals surface area contributed by atoms with Crippen molar-refractivity contribution in [3.63, 3.8) is 0 Å². The highest BCUT2D eigenvalue weighted by Gasteiger charge is 2.30. The average Bonchev–Trinajstić information content (AvgIpc) is 3.03. The third kappa shape index (κ3) is 3.45. The predicted molar refractivity (Wildman–Crippen MR) is 66.9 cm³/mol. The van der Waals surface area contributed by atoms with Gasteiger partial charge in [0.05, 0.1) is 0 Å². The Morgan fingerprint density at radius 3 is 3.06 bits per heavy atom. The molecule has 1 aromatic rings. The molecule has 1 saturated carbocycles. The minimum Gasteiger partial charge on any atom is -0.300 e. The van der Waals surface area contributed by atoms with Gasteiger partial charge in [0, 0.05) is 11.7 Å². The lowest BCUT2D eigenvalue weighted by atomic mass is 10.4. The van der Waals surface area contributed by atoms with Gasteiger partial charge in [0.15, 0.2) is 4.34 Å². The van der Waals surface area contributed by atoms with Crippen LogP contribution < -0.4 is 5.32 Å². The third-order valence-corrected chi connectivity index (χ3v) is 4.37. The van der Waals surface area contributed by atoms with Crippen LogP contribution >= 0.6 is 23.1 Å². The summed E-state index contributed by atoms with van der Waals surface area (Å²) in [5.41, 5.74) is 0. The van der Waals surface area contributed by atoms with Gasteiger partial charge in [0.2, 0.25) is 11.0 Å². The van der Waals surface area contributed by atoms with E-state index >= 15 is 0 Å². The van der Waals surface area contributed by atoms with Crippen molar-refractivity contribution in [2.45, 2.75) is 36.9 Å². The molecule has 1 aliphatic carbocycles. The van der Waals surface area contributed by atoms with E-state index < -0.39 is 0 Å². The molecule has 1 amide bonds. The summed E-state index contributed by atoms with van der Waals surface area (Å²) in [6.45, 7) is 2.17. The molecule has 1 N–H and O–H groups in total. The lowest BCUT2D eigenvalue weighted by Gasteiger charge is -1.96. The number of hydrogen-bond acceptors (Lipinski definition) is 5. The number of carbonyl (C=O) groups excluding carboxylic acids is 1. The molecular formula is C10H15N3OS2. The van der Waals surface area contributed by atoms with Crippen LogP contribution in [0.1, 0.15) is 32.6 Å². The number of aromatic nitrogens is 2. The molecule has 0 saturated heterocycles. The molecule has 1 fully saturated rings. The van der Waals surface area contributed by atoms with Crippen molar-refractivity contribution in [3.05, 3.63) is 0 Å². The van der Waals surface area contributed by atoms with Gasteiger partial charge >= 0.3 is 0 Å². The molecule has 0 radical (unpaired) electrons. The van der Waals surface area contributed by atoms with Gasteiger partial charge in [-0.1, -0.05) is 36.4 Å². The molecule has 1 aliphatic rings. The zero-order valence-corrected chi connectivity index (χ0v) is 10.9. The first-order valence-corrected chi connectivity index (χ1v) is 7.37. The summed E-state index contributed by atoms with van der Waals surface area (Å²) in [5.74, 6) is 1.39. The molecule has 0 unspecified atom stereocenters. The fourth-order valence-corrected chi connectivity index (χ4v) is 3.08. The highest BCUT2D eigenvalue weighted by Crippen LogP contribution is 2.31. The minimum atomic E-state index is 0.0984. The second-order valence-corrected chi connectivity index (χ2v) is 6.16. The van der Waals surface area contributed by atoms with Crippen LogP contribution in [0.4, 0.5) is 5.13 Å². The van der Waals surface area contributed by atoms with Crippen molar-refractivity contribution in [2.24, 2.45) is 5.92 Å². The molecule has 16 heavy (non-hydrogen) atoms. The molecule has 0 aromatic carbocycles. The molecule has 88 valence electrons. The molecule has 1 heterocycles. The molecule has 1 aromatic heterocycles. The summed E-state index contributed by atoms with van der Waals surface area (Å²) in [5, 5.41) is 11.4. The maximum Gasteiger partial charge on any atom is 0.229 e. The molecule has 6 heteroatoms. The monoisotopic (exact) mass is 257 g/mol. The number of hydrogen-bond donors (Lipinski definition) is 1. The van der Waals surface area contributed by atoms with Crippen LogP contribution in [-0.4, -0.2) is 21.9 Å². The van der Waals surface area contributed by atoms with Crippen molar-refractivity contribution < 1.29 is 4.79 Å². The SMILES string of the molecule is CCCCSc1nnc(NC(=O)C2CC2)s1. The topological polar surface area (TPSA) is 54.9 Å². The lowest BCUT2D eigenvalue weighted by Crippen LogP contribution is -2.12. The number of nitrogens with zero attached hydrogens (tertiary/aromatic N) is 2. The molecular weight excluding hydrogens is 242 g/mol. The Labute approximate surface area is 103 Å². The van der Waals surface area contributed by atoms with Crippen molar-refractivity contribution in [1.82, 2.24) is 10.2 Å². The summed E-state index contributed by atoms with van der Waals surface area (Å²) in [4.78, 5) is 11.5. The number of unbranched alkanes of at least 4 members (excludes halogenated alkanes) is 1. The van der Waals surface area contributed by atoms with Crippen molar-refractivity contribution in [3.8, 4) is 0 Å². The standard InChI is InChI=1S/C10H15N3OS2/c1-2-3-6-15-10-13-12-9(16-10)11-8(14)7-4-5-7/h7H,2-6H2,1H3,(H,11,12,14). The van der Waals surface area contributed by atoms with Crippen LogP contribution in [-0.2, 0) is 4.79 Å². The Hall–Kier alpha value is -0.620. The fraction of sp³-hybridized carbons (Fsp3) is 0.700. The second kappa shape index (κ2) is 5.63. The van der Waals surface area contributed by atoms with Crippen molar-refractivity contribution >= 4 is 34.1 Å². The highest BCUT2D eigenvalue weighted by molar-refractivity contribution is 8.01. The van der Waals surface area contributed by atoms with E-state index in [0.29, 0.717) is 5.13 Å². The average molecular weight is 257 g/mol. The highest BCUT2D eigenvalue weighted by atomic mass is 32.2. The Morgan fingerprint density at radius 1 is 1.56 bits per heavy atom. The smallest absolute Gasteiger partial charge is 0.229 e. The van der Waals surface area contributed by atoms with E-state index in [4.69, 9.17) is 0 Å². The number of anilines is 1. The Morgan fingerprint density at radius 2 is 2.38 bits per heavy atom. The van der Waals surface area contributed by atoms with Crippen molar-refractivity contribution in [2.75, 3.05) is 11.1 Å². The summed E-state index contributed by atoms with van der Waals surface area (Å²) in [7, 11) is 0. The van der Waals surface area contributed by atoms with E-state index in [1.165, 1.54) is 24.2 Å². The molecule has 0 aliphatic heterocycles. The van der Waals surface area contributed by atoms with E-state index in [0.717, 1.165) is 22.9 Å². The Bertz CT molecular complexity index is 363. The normalized spacial score (nSPS) is 15.1. The van der Waals surface area contributed by atoms with Gasteiger partial charge in [-0.2, -0.15) is 0 Å². The summed E-state index contributed by atoms with van der Waals surface area (Å²) in [6, 6.07) is 0. The number of thioether (sulfide) groups is 1. The van der Waals surface area contributed by atoms with E-state index in [9.17, 15) is 4.79 Å². The second-order valence-electron chi connectivity index (χ2n) is 3.84. The van der Waals surface area contributed by atoms with Gasteiger partial charge in [-0.25, -0.2) is 0 Å². The Balaban J connectivity index is 1.79. The molecule has 0 bridgehead atoms. The Kier molecular flexibility index (Phi) is 4.17. The van der Waals surface area contributed by atoms with E-state index in [1.807, 2.05) is 0 Å². The lowest BCUT2D eigenvalue weighted by molar-refractivity contribution is -0.117. The van der Waals surface area contributed by atoms with Crippen LogP contribution in [0.2, 0.25) is 0 Å². The van der Waals surface area contributed by atoms with E-state index in [2.05, 4.69) is 22.4 Å². The largest absolute Gasteiger partial charge is 0.300 e. The molecule has 4 nitrogen and oxygen atoms in total. The van der Waals surface area contributed by atoms with Crippen LogP contribution in [0, 0.1) is 5.92 Å². The van der Waals surface area contributed by atoms with Gasteiger partial charge in [0.1, 0.15) is 0 Å². The van der Waals surface area contributed by atoms with Gasteiger partial charge in [-0.15, -0.1) is 10.2 Å². The molecule has 0 atom stereocenters. The summed E-state index contributed by atoms with van der Waals surface area (Å²) >= 11 is 3.18. The number of amides is 1. The summed E-state index contributed by atoms with van der Waals surface area (Å²) < 4.78 is 0.944. The van der Waals surface area contributed by atoms with Crippen LogP contribution in [0.25, 0.3) is 0 Å². The van der Waals surface area contributed by atoms with Gasteiger partial charge in [-0.3, -0.25) is 4.79 Å². The van der Waals surface area contributed by atoms with Gasteiger partial charge in [-0.05, 0) is 19.3 Å². The fourth-order valence-electron chi connectivity index (χ4n) is 1.18. The third-order valence-electron chi connectivity index (χ3n) is 2.31. The first-order valence-electron chi connectivity index (χ1n) is 5.56. The van der Waals surface area contributed by atoms with Gasteiger partial charge in [0.25, 0.3) is 0 Å². The van der Waals surface area contributed by atoms with Crippen LogP contribution in [0.3, 0.4) is 0 Å². The molecule has 0 spiro atoms. The maximum atomic E-state index is 11.5. The van der Waals surface area contributed by atoms with Crippen molar-refractivity contribution in [1.29, 1.82) is 0 Å². The zero-order chi connectivity index (χ0) is 11.4. The first-order chi connectivity index (χ1) is 7.79. The maximum absolute atomic E-state index is 11.5. The van der Waals surface area contributed by atoms with Crippen LogP contribution in [0.15, 0.2) is 4.34 Å². The van der Waals surface area contributed by atoms with Gasteiger partial charge < -0.3 is 5.32 Å². The first kappa shape index (κ1) is 11.9. The summed E-state index contributed by atoms with van der Waals surface area (Å²) in [6.07, 6.45) is 4.41. The van der Waals surface area contributed by atoms with E-state index in [1.54, 1.807) is 11.8 Å². The predicted octanol–water partition coefficient (Wildman–Crippen LogP) is 2.78.